The topological polar surface area (TPSA) is 47.7 Å². The van der Waals surface area contributed by atoms with E-state index >= 15 is 0 Å². The number of likely N-dealkylation sites (N-methyl/N-ethyl adjacent to an activating group) is 1. The van der Waals surface area contributed by atoms with Gasteiger partial charge >= 0.3 is 0 Å². The van der Waals surface area contributed by atoms with Crippen molar-refractivity contribution in [2.45, 2.75) is 19.4 Å². The van der Waals surface area contributed by atoms with Gasteiger partial charge in [0.05, 0.1) is 18.2 Å². The Kier molecular flexibility index (Phi) is 4.91. The highest BCUT2D eigenvalue weighted by atomic mass is 35.5. The summed E-state index contributed by atoms with van der Waals surface area (Å²) in [5.41, 5.74) is 6.95. The molecule has 0 radical (unpaired) electrons. The van der Waals surface area contributed by atoms with Gasteiger partial charge in [-0.3, -0.25) is 4.90 Å². The Morgan fingerprint density at radius 2 is 2.11 bits per heavy atom. The van der Waals surface area contributed by atoms with Crippen molar-refractivity contribution in [3.63, 3.8) is 0 Å². The number of ether oxygens (including phenoxy) is 2. The molecule has 1 atom stereocenters. The first-order chi connectivity index (χ1) is 9.17. The van der Waals surface area contributed by atoms with Gasteiger partial charge in [-0.15, -0.1) is 0 Å². The Hall–Kier alpha value is -0.970. The van der Waals surface area contributed by atoms with Crippen molar-refractivity contribution in [1.29, 1.82) is 0 Å². The molecule has 1 aliphatic rings. The molecular weight excluding hydrogens is 264 g/mol. The summed E-state index contributed by atoms with van der Waals surface area (Å²) >= 11 is 6.30. The van der Waals surface area contributed by atoms with E-state index < -0.39 is 0 Å². The zero-order valence-corrected chi connectivity index (χ0v) is 12.2. The van der Waals surface area contributed by atoms with Crippen LogP contribution in [0.2, 0.25) is 5.02 Å². The number of nitrogens with two attached hydrogens (primary N) is 1. The van der Waals surface area contributed by atoms with Crippen LogP contribution in [-0.2, 0) is 0 Å². The molecule has 1 aliphatic heterocycles. The second-order valence-corrected chi connectivity index (χ2v) is 5.11. The van der Waals surface area contributed by atoms with Crippen molar-refractivity contribution < 1.29 is 9.47 Å². The van der Waals surface area contributed by atoms with Crippen molar-refractivity contribution in [3.05, 3.63) is 22.7 Å². The van der Waals surface area contributed by atoms with Gasteiger partial charge in [-0.1, -0.05) is 18.5 Å². The summed E-state index contributed by atoms with van der Waals surface area (Å²) in [5, 5.41) is 0.595. The molecule has 2 rings (SSSR count). The number of rotatable bonds is 4. The van der Waals surface area contributed by atoms with Crippen molar-refractivity contribution >= 4 is 11.6 Å². The average Bonchev–Trinajstić information content (AvgIpc) is 2.65. The molecule has 4 nitrogen and oxygen atoms in total. The van der Waals surface area contributed by atoms with Crippen molar-refractivity contribution in [2.75, 3.05) is 33.4 Å². The molecule has 2 N–H and O–H groups in total. The summed E-state index contributed by atoms with van der Waals surface area (Å²) in [4.78, 5) is 2.19. The minimum Gasteiger partial charge on any atom is -0.489 e. The molecule has 0 saturated heterocycles. The van der Waals surface area contributed by atoms with Gasteiger partial charge in [-0.05, 0) is 31.3 Å². The van der Waals surface area contributed by atoms with Crippen LogP contribution in [0.25, 0.3) is 0 Å². The summed E-state index contributed by atoms with van der Waals surface area (Å²) in [6.07, 6.45) is 0.871. The van der Waals surface area contributed by atoms with Crippen LogP contribution in [-0.4, -0.2) is 38.3 Å². The van der Waals surface area contributed by atoms with E-state index in [1.165, 1.54) is 0 Å². The van der Waals surface area contributed by atoms with Gasteiger partial charge in [0.25, 0.3) is 0 Å². The van der Waals surface area contributed by atoms with Gasteiger partial charge in [0.1, 0.15) is 0 Å². The molecule has 0 aliphatic carbocycles. The predicted octanol–water partition coefficient (Wildman–Crippen LogP) is 2.45. The van der Waals surface area contributed by atoms with Crippen molar-refractivity contribution in [3.8, 4) is 11.5 Å². The van der Waals surface area contributed by atoms with Crippen LogP contribution in [0.1, 0.15) is 24.9 Å². The second-order valence-electron chi connectivity index (χ2n) is 4.71. The molecule has 0 saturated carbocycles. The Labute approximate surface area is 119 Å². The van der Waals surface area contributed by atoms with Crippen LogP contribution in [0.4, 0.5) is 0 Å². The lowest BCUT2D eigenvalue weighted by atomic mass is 10.0. The van der Waals surface area contributed by atoms with Crippen molar-refractivity contribution in [1.82, 2.24) is 4.90 Å². The van der Waals surface area contributed by atoms with Crippen LogP contribution in [0.15, 0.2) is 12.1 Å². The van der Waals surface area contributed by atoms with E-state index in [2.05, 4.69) is 18.9 Å². The minimum atomic E-state index is 0.139. The third-order valence-electron chi connectivity index (χ3n) is 3.46. The number of fused-ring (bicyclic) bond motifs is 1. The van der Waals surface area contributed by atoms with E-state index in [1.807, 2.05) is 12.1 Å². The fourth-order valence-electron chi connectivity index (χ4n) is 2.23. The zero-order valence-electron chi connectivity index (χ0n) is 11.5. The molecule has 0 fully saturated rings. The number of nitrogens with zero attached hydrogens (tertiary/aromatic N) is 1. The quantitative estimate of drug-likeness (QED) is 0.923. The van der Waals surface area contributed by atoms with E-state index in [1.54, 1.807) is 0 Å². The van der Waals surface area contributed by atoms with Gasteiger partial charge in [0.15, 0.2) is 11.5 Å². The Morgan fingerprint density at radius 1 is 1.37 bits per heavy atom. The standard InChI is InChI=1S/C14H21ClN2O2/c1-3-17(2)12(9-16)10-7-11(15)14-13(8-10)18-5-4-6-19-14/h7-8,12H,3-6,9,16H2,1-2H3. The lowest BCUT2D eigenvalue weighted by Gasteiger charge is -2.26. The first kappa shape index (κ1) is 14.4. The molecule has 0 amide bonds. The van der Waals surface area contributed by atoms with Gasteiger partial charge in [0.2, 0.25) is 0 Å². The molecule has 0 spiro atoms. The molecule has 106 valence electrons. The number of benzene rings is 1. The maximum Gasteiger partial charge on any atom is 0.179 e. The number of hydrogen-bond donors (Lipinski definition) is 1. The maximum absolute atomic E-state index is 6.30. The minimum absolute atomic E-state index is 0.139. The van der Waals surface area contributed by atoms with Crippen LogP contribution in [0.3, 0.4) is 0 Å². The van der Waals surface area contributed by atoms with E-state index in [4.69, 9.17) is 26.8 Å². The third kappa shape index (κ3) is 3.14. The number of hydrogen-bond acceptors (Lipinski definition) is 4. The van der Waals surface area contributed by atoms with Gasteiger partial charge in [-0.25, -0.2) is 0 Å². The molecule has 1 heterocycles. The second kappa shape index (κ2) is 6.46. The highest BCUT2D eigenvalue weighted by Crippen LogP contribution is 2.39. The van der Waals surface area contributed by atoms with Gasteiger partial charge < -0.3 is 15.2 Å². The van der Waals surface area contributed by atoms with Crippen LogP contribution < -0.4 is 15.2 Å². The number of halogens is 1. The van der Waals surface area contributed by atoms with E-state index in [-0.39, 0.29) is 6.04 Å². The van der Waals surface area contributed by atoms with Crippen molar-refractivity contribution in [2.24, 2.45) is 5.73 Å². The van der Waals surface area contributed by atoms with E-state index in [9.17, 15) is 0 Å². The molecule has 0 bridgehead atoms. The molecule has 1 aromatic rings. The van der Waals surface area contributed by atoms with Gasteiger partial charge in [-0.2, -0.15) is 0 Å². The molecule has 5 heteroatoms. The Morgan fingerprint density at radius 3 is 2.79 bits per heavy atom. The summed E-state index contributed by atoms with van der Waals surface area (Å²) in [6.45, 7) is 4.87. The molecule has 0 aromatic heterocycles. The average molecular weight is 285 g/mol. The molecule has 19 heavy (non-hydrogen) atoms. The molecular formula is C14H21ClN2O2. The fourth-order valence-corrected chi connectivity index (χ4v) is 2.51. The lowest BCUT2D eigenvalue weighted by molar-refractivity contribution is 0.262. The largest absolute Gasteiger partial charge is 0.489 e. The molecule has 1 unspecified atom stereocenters. The summed E-state index contributed by atoms with van der Waals surface area (Å²) in [6, 6.07) is 4.06. The maximum atomic E-state index is 6.30. The summed E-state index contributed by atoms with van der Waals surface area (Å²) < 4.78 is 11.3. The summed E-state index contributed by atoms with van der Waals surface area (Å²) in [7, 11) is 2.05. The lowest BCUT2D eigenvalue weighted by Crippen LogP contribution is -2.30. The Bertz CT molecular complexity index is 440. The predicted molar refractivity (Wildman–Crippen MR) is 77.2 cm³/mol. The van der Waals surface area contributed by atoms with E-state index in [0.717, 1.165) is 24.3 Å². The normalized spacial score (nSPS) is 16.3. The zero-order chi connectivity index (χ0) is 13.8. The highest BCUT2D eigenvalue weighted by Gasteiger charge is 2.20. The first-order valence-electron chi connectivity index (χ1n) is 6.66. The summed E-state index contributed by atoms with van der Waals surface area (Å²) in [5.74, 6) is 1.38. The molecule has 1 aromatic carbocycles. The fraction of sp³-hybridized carbons (Fsp3) is 0.571. The Balaban J connectivity index is 2.37. The van der Waals surface area contributed by atoms with E-state index in [0.29, 0.717) is 30.5 Å². The van der Waals surface area contributed by atoms with Crippen LogP contribution in [0.5, 0.6) is 11.5 Å². The van der Waals surface area contributed by atoms with Crippen LogP contribution in [0, 0.1) is 0 Å². The monoisotopic (exact) mass is 284 g/mol. The van der Waals surface area contributed by atoms with Crippen LogP contribution >= 0.6 is 11.6 Å². The highest BCUT2D eigenvalue weighted by molar-refractivity contribution is 6.32. The third-order valence-corrected chi connectivity index (χ3v) is 3.74. The SMILES string of the molecule is CCN(C)C(CN)c1cc(Cl)c2c(c1)OCCCO2. The first-order valence-corrected chi connectivity index (χ1v) is 7.04. The smallest absolute Gasteiger partial charge is 0.179 e. The van der Waals surface area contributed by atoms with Gasteiger partial charge in [0, 0.05) is 19.0 Å².